The van der Waals surface area contributed by atoms with Gasteiger partial charge in [0, 0.05) is 0 Å². The van der Waals surface area contributed by atoms with Gasteiger partial charge < -0.3 is 15.3 Å². The number of imide groups is 1. The Labute approximate surface area is 343 Å². The van der Waals surface area contributed by atoms with Crippen LogP contribution in [0, 0.1) is 11.8 Å². The van der Waals surface area contributed by atoms with Crippen molar-refractivity contribution in [1.82, 2.24) is 4.90 Å². The highest BCUT2D eigenvalue weighted by atomic mass is 16.3. The van der Waals surface area contributed by atoms with Crippen molar-refractivity contribution in [3.8, 4) is 17.2 Å². The van der Waals surface area contributed by atoms with Gasteiger partial charge >= 0.3 is 0 Å². The number of carbonyl (C=O) groups excluding carboxylic acids is 3. The van der Waals surface area contributed by atoms with Gasteiger partial charge in [-0.1, -0.05) is 149 Å². The number of phenolic OH excluding ortho intramolecular Hbond substituents is 3. The molecule has 0 radical (unpaired) electrons. The van der Waals surface area contributed by atoms with Crippen LogP contribution in [-0.4, -0.2) is 37.8 Å². The van der Waals surface area contributed by atoms with E-state index in [1.54, 1.807) is 0 Å². The number of phenols is 3. The van der Waals surface area contributed by atoms with Gasteiger partial charge in [-0.15, -0.1) is 0 Å². The topological polar surface area (TPSA) is 115 Å². The molecule has 7 heteroatoms. The van der Waals surface area contributed by atoms with Gasteiger partial charge in [0.05, 0.1) is 6.54 Å². The largest absolute Gasteiger partial charge is 0.507 e. The number of rotatable bonds is 6. The maximum atomic E-state index is 14.8. The maximum Gasteiger partial charge on any atom is 0.240 e. The Morgan fingerprint density at radius 3 is 0.825 bits per heavy atom. The monoisotopic (exact) mass is 782 g/mol. The third-order valence-electron chi connectivity index (χ3n) is 11.4. The van der Waals surface area contributed by atoms with Crippen molar-refractivity contribution in [2.75, 3.05) is 0 Å². The second-order valence-corrected chi connectivity index (χ2v) is 22.8. The molecule has 1 fully saturated rings. The lowest BCUT2D eigenvalue weighted by molar-refractivity contribution is -0.161. The lowest BCUT2D eigenvalue weighted by atomic mass is 9.74. The zero-order valence-electron chi connectivity index (χ0n) is 38.3. The summed E-state index contributed by atoms with van der Waals surface area (Å²) in [6.07, 6.45) is 0.132. The third-order valence-corrected chi connectivity index (χ3v) is 11.4. The highest BCUT2D eigenvalue weighted by Crippen LogP contribution is 2.44. The summed E-state index contributed by atoms with van der Waals surface area (Å²) in [7, 11) is 0. The van der Waals surface area contributed by atoms with E-state index in [9.17, 15) is 29.7 Å². The zero-order chi connectivity index (χ0) is 43.8. The molecule has 3 N–H and O–H groups in total. The molecular weight excluding hydrogens is 711 g/mol. The van der Waals surface area contributed by atoms with Crippen molar-refractivity contribution >= 4 is 17.6 Å². The Bertz CT molecular complexity index is 1700. The molecule has 1 aliphatic heterocycles. The first-order valence-electron chi connectivity index (χ1n) is 20.5. The van der Waals surface area contributed by atoms with E-state index in [1.165, 1.54) is 4.90 Å². The summed E-state index contributed by atoms with van der Waals surface area (Å²) in [5, 5.41) is 34.4. The number of carbonyl (C=O) groups is 3. The number of likely N-dealkylation sites (tertiary alicyclic amines) is 1. The molecule has 0 spiro atoms. The van der Waals surface area contributed by atoms with Crippen LogP contribution < -0.4 is 0 Å². The zero-order valence-corrected chi connectivity index (χ0v) is 38.3. The van der Waals surface area contributed by atoms with Crippen LogP contribution in [0.25, 0.3) is 0 Å². The number of aromatic hydroxyl groups is 3. The molecule has 312 valence electrons. The number of hydrogen-bond donors (Lipinski definition) is 3. The Morgan fingerprint density at radius 2 is 0.614 bits per heavy atom. The molecule has 0 aliphatic carbocycles. The highest BCUT2D eigenvalue weighted by molar-refractivity contribution is 6.20. The Hall–Kier alpha value is -4.13. The van der Waals surface area contributed by atoms with Gasteiger partial charge in [-0.05, 0) is 108 Å². The van der Waals surface area contributed by atoms with Crippen LogP contribution in [0.2, 0.25) is 0 Å². The molecule has 1 aliphatic rings. The number of benzene rings is 3. The predicted molar refractivity (Wildman–Crippen MR) is 231 cm³/mol. The van der Waals surface area contributed by atoms with Crippen LogP contribution in [0.3, 0.4) is 0 Å². The molecule has 3 aromatic carbocycles. The number of piperidine rings is 1. The summed E-state index contributed by atoms with van der Waals surface area (Å²) in [5.41, 5.74) is 3.97. The van der Waals surface area contributed by atoms with Gasteiger partial charge in [0.25, 0.3) is 0 Å². The smallest absolute Gasteiger partial charge is 0.240 e. The lowest BCUT2D eigenvalue weighted by Crippen LogP contribution is -2.55. The van der Waals surface area contributed by atoms with Crippen molar-refractivity contribution in [3.05, 3.63) is 86.5 Å². The normalized spacial score (nSPS) is 17.8. The minimum Gasteiger partial charge on any atom is -0.507 e. The van der Waals surface area contributed by atoms with Gasteiger partial charge in [-0.3, -0.25) is 19.3 Å². The second kappa shape index (κ2) is 14.9. The summed E-state index contributed by atoms with van der Waals surface area (Å²) < 4.78 is 0. The van der Waals surface area contributed by atoms with E-state index in [-0.39, 0.29) is 36.6 Å². The van der Waals surface area contributed by atoms with E-state index < -0.39 is 61.9 Å². The molecule has 0 aromatic heterocycles. The summed E-state index contributed by atoms with van der Waals surface area (Å²) >= 11 is 0. The van der Waals surface area contributed by atoms with Crippen molar-refractivity contribution < 1.29 is 29.7 Å². The molecule has 1 heterocycles. The lowest BCUT2D eigenvalue weighted by Gasteiger charge is -2.36. The molecule has 2 amide bonds. The standard InChI is InChI=1S/C50H71NO6/c1-45(2,3)33-21-28(22-34(40(33)53)46(4,5)6)19-31-39(52)32(20-29-23-35(47(7,8)9)41(54)36(24-29)48(10,11)12)44(57)51(43(31)56)27-30-25-37(49(13,14)15)42(55)38(26-30)50(16,17)18/h21-26,31-32,53-55H,19-20,27H2,1-18H3. The third kappa shape index (κ3) is 9.61. The molecule has 4 rings (SSSR count). The van der Waals surface area contributed by atoms with E-state index in [0.717, 1.165) is 33.4 Å². The van der Waals surface area contributed by atoms with Crippen molar-refractivity contribution in [3.63, 3.8) is 0 Å². The number of amides is 2. The van der Waals surface area contributed by atoms with Gasteiger partial charge in [0.15, 0.2) is 5.78 Å². The first-order valence-corrected chi connectivity index (χ1v) is 20.5. The molecule has 3 aromatic rings. The SMILES string of the molecule is CC(C)(C)c1cc(CC2C(=O)C(Cc3cc(C(C)(C)C)c(O)c(C(C)(C)C)c3)C(=O)N(Cc3cc(C(C)(C)C)c(O)c(C(C)(C)C)c3)C2=O)cc(C(C)(C)C)c1O. The first kappa shape index (κ1) is 45.6. The molecule has 1 saturated heterocycles. The Balaban J connectivity index is 1.96. The highest BCUT2D eigenvalue weighted by Gasteiger charge is 2.48. The van der Waals surface area contributed by atoms with E-state index in [0.29, 0.717) is 16.7 Å². The van der Waals surface area contributed by atoms with E-state index >= 15 is 0 Å². The van der Waals surface area contributed by atoms with Crippen molar-refractivity contribution in [1.29, 1.82) is 0 Å². The molecule has 7 nitrogen and oxygen atoms in total. The number of ketones is 1. The Kier molecular flexibility index (Phi) is 11.9. The fourth-order valence-corrected chi connectivity index (χ4v) is 8.00. The number of Topliss-reactive ketones (excluding diaryl/α,β-unsaturated/α-hetero) is 1. The predicted octanol–water partition coefficient (Wildman–Crippen LogP) is 10.7. The van der Waals surface area contributed by atoms with Crippen molar-refractivity contribution in [2.24, 2.45) is 11.8 Å². The number of hydrogen-bond acceptors (Lipinski definition) is 6. The Morgan fingerprint density at radius 1 is 0.404 bits per heavy atom. The fourth-order valence-electron chi connectivity index (χ4n) is 8.00. The average Bonchev–Trinajstić information content (AvgIpc) is 3.02. The molecule has 57 heavy (non-hydrogen) atoms. The molecule has 0 bridgehead atoms. The summed E-state index contributed by atoms with van der Waals surface area (Å²) in [6, 6.07) is 11.4. The first-order chi connectivity index (χ1) is 25.5. The van der Waals surface area contributed by atoms with E-state index in [2.05, 4.69) is 0 Å². The van der Waals surface area contributed by atoms with Crippen LogP contribution in [0.4, 0.5) is 0 Å². The summed E-state index contributed by atoms with van der Waals surface area (Å²) in [4.78, 5) is 45.7. The summed E-state index contributed by atoms with van der Waals surface area (Å²) in [5.74, 6) is -3.21. The maximum absolute atomic E-state index is 14.8. The van der Waals surface area contributed by atoms with Crippen LogP contribution in [0.5, 0.6) is 17.2 Å². The van der Waals surface area contributed by atoms with Gasteiger partial charge in [0.2, 0.25) is 11.8 Å². The minimum atomic E-state index is -1.15. The van der Waals surface area contributed by atoms with Crippen molar-refractivity contribution in [2.45, 2.75) is 177 Å². The summed E-state index contributed by atoms with van der Waals surface area (Å²) in [6.45, 7) is 36.3. The number of nitrogens with zero attached hydrogens (tertiary/aromatic N) is 1. The molecule has 2 unspecified atom stereocenters. The second-order valence-electron chi connectivity index (χ2n) is 22.8. The van der Waals surface area contributed by atoms with Gasteiger partial charge in [0.1, 0.15) is 29.1 Å². The molecule has 2 atom stereocenters. The minimum absolute atomic E-state index is 0.0590. The average molecular weight is 782 g/mol. The van der Waals surface area contributed by atoms with E-state index in [4.69, 9.17) is 0 Å². The van der Waals surface area contributed by atoms with Gasteiger partial charge in [-0.25, -0.2) is 0 Å². The van der Waals surface area contributed by atoms with Crippen LogP contribution >= 0.6 is 0 Å². The molecule has 0 saturated carbocycles. The quantitative estimate of drug-likeness (QED) is 0.169. The van der Waals surface area contributed by atoms with Crippen LogP contribution in [0.15, 0.2) is 36.4 Å². The molecular formula is C50H71NO6. The van der Waals surface area contributed by atoms with E-state index in [1.807, 2.05) is 161 Å². The van der Waals surface area contributed by atoms with Gasteiger partial charge in [-0.2, -0.15) is 0 Å². The fraction of sp³-hybridized carbons (Fsp3) is 0.580. The van der Waals surface area contributed by atoms with Crippen LogP contribution in [0.1, 0.15) is 175 Å². The van der Waals surface area contributed by atoms with Crippen LogP contribution in [-0.2, 0) is 66.3 Å².